The number of methoxy groups -OCH3 is 1. The first kappa shape index (κ1) is 12.0. The van der Waals surface area contributed by atoms with Gasteiger partial charge >= 0.3 is 5.97 Å². The molecule has 1 aliphatic rings. The van der Waals surface area contributed by atoms with E-state index in [-0.39, 0.29) is 5.97 Å². The van der Waals surface area contributed by atoms with Crippen LogP contribution in [0.1, 0.15) is 11.6 Å². The van der Waals surface area contributed by atoms with Crippen LogP contribution in [0.5, 0.6) is 0 Å². The fourth-order valence-electron chi connectivity index (χ4n) is 1.59. The summed E-state index contributed by atoms with van der Waals surface area (Å²) in [6, 6.07) is 9.03. The van der Waals surface area contributed by atoms with Gasteiger partial charge in [0.25, 0.3) is 0 Å². The average molecular weight is 250 g/mol. The van der Waals surface area contributed by atoms with Crippen LogP contribution in [0.2, 0.25) is 0 Å². The van der Waals surface area contributed by atoms with Gasteiger partial charge in [0.1, 0.15) is 0 Å². The Labute approximate surface area is 104 Å². The molecule has 0 fully saturated rings. The van der Waals surface area contributed by atoms with Gasteiger partial charge in [0.15, 0.2) is 11.2 Å². The lowest BCUT2D eigenvalue weighted by Gasteiger charge is -2.17. The zero-order chi connectivity index (χ0) is 12.1. The molecule has 1 aromatic carbocycles. The monoisotopic (exact) mass is 250 g/mol. The van der Waals surface area contributed by atoms with E-state index in [1.54, 1.807) is 11.8 Å². The first-order valence-corrected chi connectivity index (χ1v) is 6.36. The number of nitrogens with zero attached hydrogens (tertiary/aromatic N) is 1. The van der Waals surface area contributed by atoms with E-state index in [9.17, 15) is 4.79 Å². The summed E-state index contributed by atoms with van der Waals surface area (Å²) in [5, 5.41) is 3.93. The van der Waals surface area contributed by atoms with E-state index in [2.05, 4.69) is 10.3 Å². The van der Waals surface area contributed by atoms with Crippen molar-refractivity contribution in [1.82, 2.24) is 5.32 Å². The molecular formula is C12H14N2O2S. The molecule has 0 amide bonds. The van der Waals surface area contributed by atoms with E-state index in [0.717, 1.165) is 23.0 Å². The van der Waals surface area contributed by atoms with Crippen LogP contribution in [0.3, 0.4) is 0 Å². The summed E-state index contributed by atoms with van der Waals surface area (Å²) in [6.45, 7) is 0.801. The lowest BCUT2D eigenvalue weighted by molar-refractivity contribution is -0.142. The normalized spacial score (nSPS) is 16.2. The topological polar surface area (TPSA) is 50.7 Å². The van der Waals surface area contributed by atoms with Crippen molar-refractivity contribution in [3.8, 4) is 0 Å². The second kappa shape index (κ2) is 5.72. The van der Waals surface area contributed by atoms with Crippen LogP contribution in [-0.4, -0.2) is 30.5 Å². The molecule has 1 N–H and O–H groups in total. The van der Waals surface area contributed by atoms with Gasteiger partial charge in [0.05, 0.1) is 13.7 Å². The van der Waals surface area contributed by atoms with Crippen molar-refractivity contribution < 1.29 is 9.53 Å². The summed E-state index contributed by atoms with van der Waals surface area (Å²) in [7, 11) is 1.39. The van der Waals surface area contributed by atoms with Crippen molar-refractivity contribution >= 4 is 22.9 Å². The van der Waals surface area contributed by atoms with Gasteiger partial charge in [0, 0.05) is 5.75 Å². The molecule has 1 unspecified atom stereocenters. The van der Waals surface area contributed by atoms with Gasteiger partial charge in [-0.15, -0.1) is 0 Å². The number of esters is 1. The van der Waals surface area contributed by atoms with Crippen LogP contribution in [0.25, 0.3) is 0 Å². The Kier molecular flexibility index (Phi) is 4.03. The van der Waals surface area contributed by atoms with Gasteiger partial charge in [-0.25, -0.2) is 4.79 Å². The number of amidine groups is 1. The number of ether oxygens (including phenoxy) is 1. The summed E-state index contributed by atoms with van der Waals surface area (Å²) in [5.74, 6) is 0.664. The second-order valence-electron chi connectivity index (χ2n) is 3.55. The summed E-state index contributed by atoms with van der Waals surface area (Å²) >= 11 is 1.62. The smallest absolute Gasteiger partial charge is 0.333 e. The number of carbonyl (C=O) groups is 1. The number of rotatable bonds is 3. The third-order valence-corrected chi connectivity index (χ3v) is 3.33. The molecule has 1 aliphatic heterocycles. The largest absolute Gasteiger partial charge is 0.467 e. The van der Waals surface area contributed by atoms with Crippen molar-refractivity contribution in [3.63, 3.8) is 0 Å². The molecule has 0 spiro atoms. The van der Waals surface area contributed by atoms with Crippen molar-refractivity contribution in [3.05, 3.63) is 35.9 Å². The molecule has 0 saturated heterocycles. The predicted molar refractivity (Wildman–Crippen MR) is 69.1 cm³/mol. The van der Waals surface area contributed by atoms with Crippen molar-refractivity contribution in [2.45, 2.75) is 6.04 Å². The highest BCUT2D eigenvalue weighted by Crippen LogP contribution is 2.18. The maximum absolute atomic E-state index is 11.8. The van der Waals surface area contributed by atoms with Crippen molar-refractivity contribution in [2.24, 2.45) is 4.99 Å². The van der Waals surface area contributed by atoms with Crippen molar-refractivity contribution in [2.75, 3.05) is 19.4 Å². The Morgan fingerprint density at radius 3 is 2.82 bits per heavy atom. The molecule has 1 heterocycles. The van der Waals surface area contributed by atoms with Crippen LogP contribution in [-0.2, 0) is 9.53 Å². The first-order chi connectivity index (χ1) is 8.31. The lowest BCUT2D eigenvalue weighted by Crippen LogP contribution is -2.32. The van der Waals surface area contributed by atoms with Crippen LogP contribution >= 0.6 is 11.8 Å². The maximum atomic E-state index is 11.8. The van der Waals surface area contributed by atoms with Gasteiger partial charge in [-0.2, -0.15) is 0 Å². The van der Waals surface area contributed by atoms with E-state index < -0.39 is 6.04 Å². The molecule has 0 aliphatic carbocycles. The minimum atomic E-state index is -0.481. The zero-order valence-corrected chi connectivity index (χ0v) is 10.4. The van der Waals surface area contributed by atoms with E-state index >= 15 is 0 Å². The first-order valence-electron chi connectivity index (χ1n) is 5.38. The molecule has 2 rings (SSSR count). The fourth-order valence-corrected chi connectivity index (χ4v) is 2.35. The molecule has 0 radical (unpaired) electrons. The predicted octanol–water partition coefficient (Wildman–Crippen LogP) is 1.59. The van der Waals surface area contributed by atoms with Crippen molar-refractivity contribution in [1.29, 1.82) is 0 Å². The second-order valence-corrected chi connectivity index (χ2v) is 4.63. The lowest BCUT2D eigenvalue weighted by atomic mass is 10.1. The highest BCUT2D eigenvalue weighted by atomic mass is 32.2. The Morgan fingerprint density at radius 2 is 2.24 bits per heavy atom. The Balaban J connectivity index is 2.16. The van der Waals surface area contributed by atoms with E-state index in [1.165, 1.54) is 7.11 Å². The molecular weight excluding hydrogens is 236 g/mol. The van der Waals surface area contributed by atoms with Gasteiger partial charge in [-0.05, 0) is 5.56 Å². The Hall–Kier alpha value is -1.49. The maximum Gasteiger partial charge on any atom is 0.333 e. The number of carbonyl (C=O) groups excluding carboxylic acids is 1. The number of thioether (sulfide) groups is 1. The number of hydrogen-bond donors (Lipinski definition) is 1. The molecule has 1 atom stereocenters. The third kappa shape index (κ3) is 3.00. The molecule has 4 nitrogen and oxygen atoms in total. The van der Waals surface area contributed by atoms with E-state index in [4.69, 9.17) is 4.74 Å². The molecule has 1 aromatic rings. The minimum Gasteiger partial charge on any atom is -0.467 e. The molecule has 0 bridgehead atoms. The molecule has 5 heteroatoms. The van der Waals surface area contributed by atoms with Gasteiger partial charge in [0.2, 0.25) is 0 Å². The SMILES string of the molecule is COC(=O)C(NC1=NCCS1)c1ccccc1. The van der Waals surface area contributed by atoms with Gasteiger partial charge in [-0.1, -0.05) is 42.1 Å². The standard InChI is InChI=1S/C12H14N2O2S/c1-16-11(15)10(9-5-3-2-4-6-9)14-12-13-7-8-17-12/h2-6,10H,7-8H2,1H3,(H,13,14). The van der Waals surface area contributed by atoms with Crippen LogP contribution in [0, 0.1) is 0 Å². The Bertz CT molecular complexity index is 420. The Morgan fingerprint density at radius 1 is 1.47 bits per heavy atom. The van der Waals surface area contributed by atoms with Gasteiger partial charge < -0.3 is 10.1 Å². The quantitative estimate of drug-likeness (QED) is 0.828. The zero-order valence-electron chi connectivity index (χ0n) is 9.55. The van der Waals surface area contributed by atoms with Crippen LogP contribution < -0.4 is 5.32 Å². The van der Waals surface area contributed by atoms with Crippen LogP contribution in [0.4, 0.5) is 0 Å². The fraction of sp³-hybridized carbons (Fsp3) is 0.333. The summed E-state index contributed by atoms with van der Waals surface area (Å²) in [5.41, 5.74) is 0.884. The van der Waals surface area contributed by atoms with E-state index in [0.29, 0.717) is 0 Å². The number of nitrogens with one attached hydrogen (secondary N) is 1. The molecule has 90 valence electrons. The average Bonchev–Trinajstić information content (AvgIpc) is 2.89. The third-order valence-electron chi connectivity index (χ3n) is 2.42. The molecule has 0 aromatic heterocycles. The van der Waals surface area contributed by atoms with E-state index in [1.807, 2.05) is 30.3 Å². The summed E-state index contributed by atoms with van der Waals surface area (Å²) < 4.78 is 4.81. The number of hydrogen-bond acceptors (Lipinski definition) is 5. The highest BCUT2D eigenvalue weighted by molar-refractivity contribution is 8.14. The van der Waals surface area contributed by atoms with Crippen LogP contribution in [0.15, 0.2) is 35.3 Å². The highest BCUT2D eigenvalue weighted by Gasteiger charge is 2.23. The minimum absolute atomic E-state index is 0.300. The summed E-state index contributed by atoms with van der Waals surface area (Å²) in [6.07, 6.45) is 0. The number of benzene rings is 1. The van der Waals surface area contributed by atoms with Gasteiger partial charge in [-0.3, -0.25) is 4.99 Å². The molecule has 17 heavy (non-hydrogen) atoms. The number of aliphatic imine (C=N–C) groups is 1. The molecule has 0 saturated carbocycles. The summed E-state index contributed by atoms with van der Waals surface area (Å²) in [4.78, 5) is 16.0.